The summed E-state index contributed by atoms with van der Waals surface area (Å²) < 4.78 is 27.1. The predicted octanol–water partition coefficient (Wildman–Crippen LogP) is 2.50. The molecule has 1 aliphatic rings. The zero-order valence-corrected chi connectivity index (χ0v) is 13.8. The summed E-state index contributed by atoms with van der Waals surface area (Å²) in [4.78, 5) is -0.131. The van der Waals surface area contributed by atoms with Gasteiger partial charge in [-0.1, -0.05) is 36.0 Å². The Hall–Kier alpha value is -0.530. The van der Waals surface area contributed by atoms with Crippen molar-refractivity contribution in [3.63, 3.8) is 0 Å². The van der Waals surface area contributed by atoms with Crippen LogP contribution in [0, 0.1) is 0 Å². The molecule has 0 amide bonds. The Morgan fingerprint density at radius 2 is 1.90 bits per heavy atom. The summed E-state index contributed by atoms with van der Waals surface area (Å²) in [5.41, 5.74) is 5.83. The first-order valence-electron chi connectivity index (χ1n) is 6.75. The van der Waals surface area contributed by atoms with Gasteiger partial charge >= 0.3 is 0 Å². The van der Waals surface area contributed by atoms with Crippen LogP contribution in [-0.4, -0.2) is 37.0 Å². The van der Waals surface area contributed by atoms with Crippen LogP contribution in [0.4, 0.5) is 5.69 Å². The molecule has 21 heavy (non-hydrogen) atoms. The summed E-state index contributed by atoms with van der Waals surface area (Å²) in [6, 6.07) is 2.61. The summed E-state index contributed by atoms with van der Waals surface area (Å²) in [5, 5.41) is 9.48. The zero-order chi connectivity index (χ0) is 15.6. The first-order valence-corrected chi connectivity index (χ1v) is 8.94. The average Bonchev–Trinajstić information content (AvgIpc) is 2.87. The molecule has 0 spiro atoms. The van der Waals surface area contributed by atoms with Crippen molar-refractivity contribution in [3.8, 4) is 0 Å². The standard InChI is InChI=1S/C13H18Cl2N2O3S/c14-9-7-11(15)13(12(16)8-9)21(19,20)17(5-6-18)10-3-1-2-4-10/h7-8,10,18H,1-6,16H2. The predicted molar refractivity (Wildman–Crippen MR) is 84.1 cm³/mol. The quantitative estimate of drug-likeness (QED) is 0.797. The van der Waals surface area contributed by atoms with Crippen molar-refractivity contribution in [2.24, 2.45) is 0 Å². The van der Waals surface area contributed by atoms with Gasteiger partial charge in [-0.15, -0.1) is 0 Å². The van der Waals surface area contributed by atoms with Crippen molar-refractivity contribution in [3.05, 3.63) is 22.2 Å². The SMILES string of the molecule is Nc1cc(Cl)cc(Cl)c1S(=O)(=O)N(CCO)C1CCCC1. The highest BCUT2D eigenvalue weighted by atomic mass is 35.5. The summed E-state index contributed by atoms with van der Waals surface area (Å²) in [6.07, 6.45) is 3.52. The lowest BCUT2D eigenvalue weighted by molar-refractivity contribution is 0.226. The van der Waals surface area contributed by atoms with Gasteiger partial charge in [-0.25, -0.2) is 8.42 Å². The maximum absolute atomic E-state index is 12.9. The van der Waals surface area contributed by atoms with E-state index in [1.165, 1.54) is 16.4 Å². The first-order chi connectivity index (χ1) is 9.87. The van der Waals surface area contributed by atoms with Crippen molar-refractivity contribution in [2.45, 2.75) is 36.6 Å². The van der Waals surface area contributed by atoms with Gasteiger partial charge in [0.15, 0.2) is 0 Å². The van der Waals surface area contributed by atoms with Crippen LogP contribution in [0.1, 0.15) is 25.7 Å². The molecule has 0 aliphatic heterocycles. The van der Waals surface area contributed by atoms with Crippen LogP contribution >= 0.6 is 23.2 Å². The number of nitrogens with zero attached hydrogens (tertiary/aromatic N) is 1. The highest BCUT2D eigenvalue weighted by molar-refractivity contribution is 7.89. The minimum atomic E-state index is -3.87. The van der Waals surface area contributed by atoms with E-state index in [1.807, 2.05) is 0 Å². The molecule has 0 heterocycles. The third kappa shape index (κ3) is 3.46. The lowest BCUT2D eigenvalue weighted by Crippen LogP contribution is -2.41. The Morgan fingerprint density at radius 3 is 2.43 bits per heavy atom. The molecule has 1 fully saturated rings. The van der Waals surface area contributed by atoms with Crippen LogP contribution in [0.2, 0.25) is 10.0 Å². The molecule has 3 N–H and O–H groups in total. The van der Waals surface area contributed by atoms with Crippen molar-refractivity contribution in [1.82, 2.24) is 4.31 Å². The first kappa shape index (κ1) is 16.8. The number of anilines is 1. The molecule has 0 saturated heterocycles. The van der Waals surface area contributed by atoms with Crippen molar-refractivity contribution in [1.29, 1.82) is 0 Å². The molecule has 5 nitrogen and oxygen atoms in total. The molecule has 0 aromatic heterocycles. The second kappa shape index (κ2) is 6.71. The number of hydrogen-bond donors (Lipinski definition) is 2. The maximum atomic E-state index is 12.9. The summed E-state index contributed by atoms with van der Waals surface area (Å²) >= 11 is 11.9. The maximum Gasteiger partial charge on any atom is 0.246 e. The summed E-state index contributed by atoms with van der Waals surface area (Å²) in [6.45, 7) is -0.216. The van der Waals surface area contributed by atoms with E-state index in [2.05, 4.69) is 0 Å². The molecular formula is C13H18Cl2N2O3S. The van der Waals surface area contributed by atoms with Crippen LogP contribution in [0.3, 0.4) is 0 Å². The highest BCUT2D eigenvalue weighted by Gasteiger charge is 2.35. The fourth-order valence-corrected chi connectivity index (χ4v) is 5.38. The number of benzene rings is 1. The highest BCUT2D eigenvalue weighted by Crippen LogP contribution is 2.36. The van der Waals surface area contributed by atoms with E-state index in [0.29, 0.717) is 0 Å². The topological polar surface area (TPSA) is 83.6 Å². The fraction of sp³-hybridized carbons (Fsp3) is 0.538. The van der Waals surface area contributed by atoms with Gasteiger partial charge in [0.2, 0.25) is 10.0 Å². The lowest BCUT2D eigenvalue weighted by Gasteiger charge is -2.28. The smallest absolute Gasteiger partial charge is 0.246 e. The molecule has 1 aromatic rings. The van der Waals surface area contributed by atoms with Crippen molar-refractivity contribution < 1.29 is 13.5 Å². The number of rotatable bonds is 5. The molecule has 1 aromatic carbocycles. The summed E-state index contributed by atoms with van der Waals surface area (Å²) in [7, 11) is -3.87. The average molecular weight is 353 g/mol. The van der Waals surface area contributed by atoms with Crippen LogP contribution in [0.25, 0.3) is 0 Å². The van der Waals surface area contributed by atoms with E-state index in [4.69, 9.17) is 28.9 Å². The Balaban J connectivity index is 2.48. The number of halogens is 2. The zero-order valence-electron chi connectivity index (χ0n) is 11.4. The van der Waals surface area contributed by atoms with Crippen LogP contribution in [0.5, 0.6) is 0 Å². The normalized spacial score (nSPS) is 16.8. The number of nitrogen functional groups attached to an aromatic ring is 1. The van der Waals surface area contributed by atoms with E-state index < -0.39 is 10.0 Å². The second-order valence-electron chi connectivity index (χ2n) is 5.08. The Bertz CT molecular complexity index is 593. The van der Waals surface area contributed by atoms with Gasteiger partial charge in [0.05, 0.1) is 17.3 Å². The second-order valence-corrected chi connectivity index (χ2v) is 7.75. The van der Waals surface area contributed by atoms with E-state index in [1.54, 1.807) is 0 Å². The molecule has 2 rings (SSSR count). The van der Waals surface area contributed by atoms with E-state index in [0.717, 1.165) is 25.7 Å². The van der Waals surface area contributed by atoms with Crippen LogP contribution < -0.4 is 5.73 Å². The molecule has 8 heteroatoms. The lowest BCUT2D eigenvalue weighted by atomic mass is 10.2. The van der Waals surface area contributed by atoms with Gasteiger partial charge in [0.25, 0.3) is 0 Å². The van der Waals surface area contributed by atoms with Crippen LogP contribution in [0.15, 0.2) is 17.0 Å². The van der Waals surface area contributed by atoms with E-state index >= 15 is 0 Å². The monoisotopic (exact) mass is 352 g/mol. The molecule has 0 radical (unpaired) electrons. The fourth-order valence-electron chi connectivity index (χ4n) is 2.76. The minimum absolute atomic E-state index is 0.000867. The Morgan fingerprint density at radius 1 is 1.29 bits per heavy atom. The van der Waals surface area contributed by atoms with E-state index in [-0.39, 0.29) is 39.8 Å². The largest absolute Gasteiger partial charge is 0.398 e. The number of aliphatic hydroxyl groups excluding tert-OH is 1. The minimum Gasteiger partial charge on any atom is -0.398 e. The van der Waals surface area contributed by atoms with Gasteiger partial charge in [0, 0.05) is 17.6 Å². The van der Waals surface area contributed by atoms with Gasteiger partial charge in [-0.3, -0.25) is 0 Å². The van der Waals surface area contributed by atoms with Gasteiger partial charge in [0.1, 0.15) is 4.90 Å². The van der Waals surface area contributed by atoms with Crippen molar-refractivity contribution >= 4 is 38.9 Å². The molecule has 118 valence electrons. The molecule has 0 unspecified atom stereocenters. The molecular weight excluding hydrogens is 335 g/mol. The van der Waals surface area contributed by atoms with Crippen LogP contribution in [-0.2, 0) is 10.0 Å². The molecule has 0 bridgehead atoms. The molecule has 0 atom stereocenters. The van der Waals surface area contributed by atoms with E-state index in [9.17, 15) is 13.5 Å². The Kier molecular flexibility index (Phi) is 5.38. The third-order valence-electron chi connectivity index (χ3n) is 3.66. The number of aliphatic hydroxyl groups is 1. The van der Waals surface area contributed by atoms with Gasteiger partial charge < -0.3 is 10.8 Å². The number of hydrogen-bond acceptors (Lipinski definition) is 4. The molecule has 1 saturated carbocycles. The van der Waals surface area contributed by atoms with Gasteiger partial charge in [-0.05, 0) is 25.0 Å². The number of nitrogens with two attached hydrogens (primary N) is 1. The number of sulfonamides is 1. The molecule has 1 aliphatic carbocycles. The Labute approximate surface area is 134 Å². The third-order valence-corrected chi connectivity index (χ3v) is 6.35. The van der Waals surface area contributed by atoms with Crippen molar-refractivity contribution in [2.75, 3.05) is 18.9 Å². The summed E-state index contributed by atoms with van der Waals surface area (Å²) in [5.74, 6) is 0. The van der Waals surface area contributed by atoms with Gasteiger partial charge in [-0.2, -0.15) is 4.31 Å².